The number of nitrogen functional groups attached to an aromatic ring is 1. The van der Waals surface area contributed by atoms with Gasteiger partial charge in [-0.15, -0.1) is 0 Å². The summed E-state index contributed by atoms with van der Waals surface area (Å²) < 4.78 is 17.6. The number of rotatable bonds is 5. The highest BCUT2D eigenvalue weighted by Gasteiger charge is 2.08. The van der Waals surface area contributed by atoms with Crippen molar-refractivity contribution in [3.8, 4) is 17.0 Å². The summed E-state index contributed by atoms with van der Waals surface area (Å²) in [4.78, 5) is 4.64. The van der Waals surface area contributed by atoms with Gasteiger partial charge in [-0.05, 0) is 42.8 Å². The third-order valence-electron chi connectivity index (χ3n) is 3.76. The molecule has 1 heterocycles. The van der Waals surface area contributed by atoms with Crippen molar-refractivity contribution in [1.29, 1.82) is 0 Å². The van der Waals surface area contributed by atoms with Crippen LogP contribution in [0.4, 0.5) is 10.1 Å². The van der Waals surface area contributed by atoms with Crippen LogP contribution in [0.5, 0.6) is 5.75 Å². The van der Waals surface area contributed by atoms with E-state index in [0.717, 1.165) is 27.7 Å². The van der Waals surface area contributed by atoms with E-state index in [2.05, 4.69) is 4.98 Å². The van der Waals surface area contributed by atoms with Crippen LogP contribution in [-0.2, 0) is 0 Å². The van der Waals surface area contributed by atoms with Gasteiger partial charge in [0, 0.05) is 16.6 Å². The number of fused-ring (bicyclic) bond motifs is 1. The van der Waals surface area contributed by atoms with Gasteiger partial charge in [-0.3, -0.25) is 0 Å². The highest BCUT2D eigenvalue weighted by atomic mass is 19.1. The molecule has 3 aromatic rings. The standard InChI is InChI=1S/C19H19FN2O2/c1-12-2-5-16(17(21)8-12)19-6-3-13-9-15(4-7-18(13)22-19)24-11-14(23)10-20/h2-9,14,23H,10-11,21H2,1H3. The molecule has 124 valence electrons. The summed E-state index contributed by atoms with van der Waals surface area (Å²) in [6, 6.07) is 15.1. The minimum absolute atomic E-state index is 0.0760. The monoisotopic (exact) mass is 326 g/mol. The molecule has 0 amide bonds. The maximum Gasteiger partial charge on any atom is 0.120 e. The normalized spacial score (nSPS) is 12.3. The lowest BCUT2D eigenvalue weighted by atomic mass is 10.1. The number of aryl methyl sites for hydroxylation is 1. The number of halogens is 1. The van der Waals surface area contributed by atoms with E-state index in [1.807, 2.05) is 49.4 Å². The highest BCUT2D eigenvalue weighted by Crippen LogP contribution is 2.28. The second-order valence-electron chi connectivity index (χ2n) is 5.76. The van der Waals surface area contributed by atoms with Crippen molar-refractivity contribution < 1.29 is 14.2 Å². The Hall–Kier alpha value is -2.66. The molecule has 1 unspecified atom stereocenters. The summed E-state index contributed by atoms with van der Waals surface area (Å²) in [5.41, 5.74) is 10.4. The Labute approximate surface area is 139 Å². The fourth-order valence-corrected chi connectivity index (χ4v) is 2.50. The first-order valence-electron chi connectivity index (χ1n) is 7.71. The summed E-state index contributed by atoms with van der Waals surface area (Å²) in [7, 11) is 0. The average molecular weight is 326 g/mol. The number of anilines is 1. The molecule has 0 aliphatic heterocycles. The van der Waals surface area contributed by atoms with Crippen LogP contribution in [0, 0.1) is 6.92 Å². The fourth-order valence-electron chi connectivity index (χ4n) is 2.50. The lowest BCUT2D eigenvalue weighted by Gasteiger charge is -2.11. The van der Waals surface area contributed by atoms with Gasteiger partial charge in [0.15, 0.2) is 0 Å². The Bertz CT molecular complexity index is 867. The molecule has 1 atom stereocenters. The number of aliphatic hydroxyl groups excluding tert-OH is 1. The van der Waals surface area contributed by atoms with Crippen molar-refractivity contribution in [3.05, 3.63) is 54.1 Å². The average Bonchev–Trinajstić information content (AvgIpc) is 2.59. The second kappa shape index (κ2) is 6.84. The molecule has 0 fully saturated rings. The summed E-state index contributed by atoms with van der Waals surface area (Å²) >= 11 is 0. The van der Waals surface area contributed by atoms with Crippen LogP contribution in [0.3, 0.4) is 0 Å². The molecule has 0 bridgehead atoms. The summed E-state index contributed by atoms with van der Waals surface area (Å²) in [6.45, 7) is 1.10. The van der Waals surface area contributed by atoms with Gasteiger partial charge in [0.25, 0.3) is 0 Å². The molecule has 3 N–H and O–H groups in total. The maximum atomic E-state index is 12.3. The quantitative estimate of drug-likeness (QED) is 0.704. The van der Waals surface area contributed by atoms with Crippen LogP contribution in [0.15, 0.2) is 48.5 Å². The Morgan fingerprint density at radius 3 is 2.75 bits per heavy atom. The molecule has 1 aromatic heterocycles. The molecule has 4 nitrogen and oxygen atoms in total. The van der Waals surface area contributed by atoms with Crippen LogP contribution in [0.25, 0.3) is 22.2 Å². The zero-order valence-electron chi connectivity index (χ0n) is 13.4. The van der Waals surface area contributed by atoms with Crippen molar-refractivity contribution in [2.75, 3.05) is 19.0 Å². The van der Waals surface area contributed by atoms with Gasteiger partial charge in [-0.1, -0.05) is 18.2 Å². The van der Waals surface area contributed by atoms with Gasteiger partial charge >= 0.3 is 0 Å². The van der Waals surface area contributed by atoms with Crippen LogP contribution in [0.2, 0.25) is 0 Å². The molecule has 3 rings (SSSR count). The maximum absolute atomic E-state index is 12.3. The highest BCUT2D eigenvalue weighted by molar-refractivity contribution is 5.85. The topological polar surface area (TPSA) is 68.4 Å². The molecule has 24 heavy (non-hydrogen) atoms. The van der Waals surface area contributed by atoms with E-state index in [-0.39, 0.29) is 6.61 Å². The minimum atomic E-state index is -1.11. The predicted octanol–water partition coefficient (Wildman–Crippen LogP) is 3.50. The lowest BCUT2D eigenvalue weighted by Crippen LogP contribution is -2.19. The number of hydrogen-bond acceptors (Lipinski definition) is 4. The molecule has 0 aliphatic carbocycles. The van der Waals surface area contributed by atoms with E-state index in [9.17, 15) is 9.50 Å². The van der Waals surface area contributed by atoms with Gasteiger partial charge in [0.05, 0.1) is 11.2 Å². The third-order valence-corrected chi connectivity index (χ3v) is 3.76. The number of aliphatic hydroxyl groups is 1. The number of hydrogen-bond donors (Lipinski definition) is 2. The molecule has 0 radical (unpaired) electrons. The number of aromatic nitrogens is 1. The smallest absolute Gasteiger partial charge is 0.120 e. The zero-order valence-corrected chi connectivity index (χ0v) is 13.4. The summed E-state index contributed by atoms with van der Waals surface area (Å²) in [6.07, 6.45) is -1.11. The molecule has 0 spiro atoms. The first kappa shape index (κ1) is 16.2. The van der Waals surface area contributed by atoms with Gasteiger partial charge < -0.3 is 15.6 Å². The number of alkyl halides is 1. The van der Waals surface area contributed by atoms with Crippen molar-refractivity contribution in [2.45, 2.75) is 13.0 Å². The number of ether oxygens (including phenoxy) is 1. The molecular weight excluding hydrogens is 307 g/mol. The molecule has 0 saturated heterocycles. The van der Waals surface area contributed by atoms with Crippen LogP contribution >= 0.6 is 0 Å². The predicted molar refractivity (Wildman–Crippen MR) is 93.8 cm³/mol. The SMILES string of the molecule is Cc1ccc(-c2ccc3cc(OCC(O)CF)ccc3n2)c(N)c1. The van der Waals surface area contributed by atoms with E-state index in [1.165, 1.54) is 0 Å². The minimum Gasteiger partial charge on any atom is -0.491 e. The third kappa shape index (κ3) is 3.46. The molecule has 2 aromatic carbocycles. The van der Waals surface area contributed by atoms with E-state index < -0.39 is 12.8 Å². The Morgan fingerprint density at radius 1 is 1.17 bits per heavy atom. The molecular formula is C19H19FN2O2. The zero-order chi connectivity index (χ0) is 17.1. The van der Waals surface area contributed by atoms with E-state index >= 15 is 0 Å². The largest absolute Gasteiger partial charge is 0.491 e. The second-order valence-corrected chi connectivity index (χ2v) is 5.76. The van der Waals surface area contributed by atoms with Crippen LogP contribution in [0.1, 0.15) is 5.56 Å². The molecule has 0 saturated carbocycles. The Kier molecular flexibility index (Phi) is 4.62. The van der Waals surface area contributed by atoms with Gasteiger partial charge in [0.1, 0.15) is 25.1 Å². The summed E-state index contributed by atoms with van der Waals surface area (Å²) in [5.74, 6) is 0.569. The Balaban J connectivity index is 1.89. The fraction of sp³-hybridized carbons (Fsp3) is 0.211. The van der Waals surface area contributed by atoms with E-state index in [0.29, 0.717) is 11.4 Å². The first-order chi connectivity index (χ1) is 11.6. The van der Waals surface area contributed by atoms with Gasteiger partial charge in [0.2, 0.25) is 0 Å². The van der Waals surface area contributed by atoms with Gasteiger partial charge in [-0.2, -0.15) is 0 Å². The first-order valence-corrected chi connectivity index (χ1v) is 7.71. The van der Waals surface area contributed by atoms with Crippen molar-refractivity contribution >= 4 is 16.6 Å². The lowest BCUT2D eigenvalue weighted by molar-refractivity contribution is 0.0842. The summed E-state index contributed by atoms with van der Waals surface area (Å²) in [5, 5.41) is 10.1. The van der Waals surface area contributed by atoms with Crippen LogP contribution in [-0.4, -0.2) is 29.5 Å². The van der Waals surface area contributed by atoms with E-state index in [4.69, 9.17) is 10.5 Å². The van der Waals surface area contributed by atoms with Gasteiger partial charge in [-0.25, -0.2) is 9.37 Å². The number of benzene rings is 2. The number of nitrogens with two attached hydrogens (primary N) is 1. The van der Waals surface area contributed by atoms with Crippen LogP contribution < -0.4 is 10.5 Å². The van der Waals surface area contributed by atoms with Crippen molar-refractivity contribution in [1.82, 2.24) is 4.98 Å². The number of pyridine rings is 1. The molecule has 5 heteroatoms. The van der Waals surface area contributed by atoms with Crippen molar-refractivity contribution in [2.24, 2.45) is 0 Å². The van der Waals surface area contributed by atoms with E-state index in [1.54, 1.807) is 6.07 Å². The Morgan fingerprint density at radius 2 is 2.00 bits per heavy atom. The molecule has 0 aliphatic rings. The number of nitrogens with zero attached hydrogens (tertiary/aromatic N) is 1. The van der Waals surface area contributed by atoms with Crippen molar-refractivity contribution in [3.63, 3.8) is 0 Å².